The van der Waals surface area contributed by atoms with E-state index >= 15 is 0 Å². The number of para-hydroxylation sites is 1. The number of carbonyl (C=O) groups is 2. The Kier molecular flexibility index (Phi) is 6.35. The van der Waals surface area contributed by atoms with Crippen molar-refractivity contribution < 1.29 is 18.0 Å². The average molecular weight is 522 g/mol. The third-order valence-corrected chi connectivity index (χ3v) is 10.7. The maximum absolute atomic E-state index is 13.6. The van der Waals surface area contributed by atoms with Crippen LogP contribution < -0.4 is 9.80 Å². The minimum absolute atomic E-state index is 0.111. The second kappa shape index (κ2) is 9.55. The Morgan fingerprint density at radius 3 is 2.27 bits per heavy atom. The summed E-state index contributed by atoms with van der Waals surface area (Å²) in [5, 5.41) is 0. The zero-order valence-electron chi connectivity index (χ0n) is 21.4. The number of amides is 2. The molecule has 0 N–H and O–H groups in total. The van der Waals surface area contributed by atoms with Gasteiger partial charge in [-0.25, -0.2) is 8.42 Å². The van der Waals surface area contributed by atoms with Gasteiger partial charge in [-0.1, -0.05) is 24.6 Å². The van der Waals surface area contributed by atoms with Gasteiger partial charge in [-0.3, -0.25) is 9.59 Å². The molecule has 1 atom stereocenters. The molecule has 1 aliphatic carbocycles. The second-order valence-corrected chi connectivity index (χ2v) is 13.0. The lowest BCUT2D eigenvalue weighted by Gasteiger charge is -2.36. The van der Waals surface area contributed by atoms with Crippen molar-refractivity contribution in [1.82, 2.24) is 4.31 Å². The first-order valence-corrected chi connectivity index (χ1v) is 15.1. The first-order chi connectivity index (χ1) is 17.8. The van der Waals surface area contributed by atoms with Crippen LogP contribution in [-0.2, 0) is 32.5 Å². The first kappa shape index (κ1) is 24.6. The standard InChI is InChI=1S/C29H35N3O4S/c1-20-18-23-6-2-3-10-27(23)32(20)29(34)22-13-16-30(17-14-22)37(35,36)25-11-12-26-24(19-25)9-5-15-31(26)28(33)21-7-4-8-21/h2-3,6,10-12,19-22H,4-5,7-9,13-18H2,1H3/t20-/m1/s1. The second-order valence-electron chi connectivity index (χ2n) is 11.1. The van der Waals surface area contributed by atoms with Crippen LogP contribution in [0.15, 0.2) is 47.4 Å². The van der Waals surface area contributed by atoms with Gasteiger partial charge in [0.15, 0.2) is 0 Å². The van der Waals surface area contributed by atoms with E-state index in [4.69, 9.17) is 0 Å². The van der Waals surface area contributed by atoms with Crippen molar-refractivity contribution in [2.24, 2.45) is 11.8 Å². The topological polar surface area (TPSA) is 78.0 Å². The van der Waals surface area contributed by atoms with Gasteiger partial charge >= 0.3 is 0 Å². The summed E-state index contributed by atoms with van der Waals surface area (Å²) in [5.41, 5.74) is 4.00. The Hall–Kier alpha value is -2.71. The maximum atomic E-state index is 13.6. The number of anilines is 2. The van der Waals surface area contributed by atoms with Crippen LogP contribution >= 0.6 is 0 Å². The lowest BCUT2D eigenvalue weighted by Crippen LogP contribution is -2.46. The van der Waals surface area contributed by atoms with E-state index in [0.717, 1.165) is 55.5 Å². The molecule has 0 spiro atoms. The number of hydrogen-bond acceptors (Lipinski definition) is 4. The molecule has 8 heteroatoms. The Morgan fingerprint density at radius 1 is 0.811 bits per heavy atom. The fourth-order valence-corrected chi connectivity index (χ4v) is 7.95. The smallest absolute Gasteiger partial charge is 0.243 e. The highest BCUT2D eigenvalue weighted by Gasteiger charge is 2.39. The lowest BCUT2D eigenvalue weighted by molar-refractivity contribution is -0.125. The van der Waals surface area contributed by atoms with Gasteiger partial charge in [0.25, 0.3) is 0 Å². The summed E-state index contributed by atoms with van der Waals surface area (Å²) in [7, 11) is -3.67. The number of carbonyl (C=O) groups excluding carboxylic acids is 2. The van der Waals surface area contributed by atoms with Gasteiger partial charge in [0, 0.05) is 48.9 Å². The molecule has 7 nitrogen and oxygen atoms in total. The number of nitrogens with zero attached hydrogens (tertiary/aromatic N) is 3. The third-order valence-electron chi connectivity index (χ3n) is 8.78. The fraction of sp³-hybridized carbons (Fsp3) is 0.517. The molecule has 3 aliphatic heterocycles. The monoisotopic (exact) mass is 521 g/mol. The minimum atomic E-state index is -3.67. The van der Waals surface area contributed by atoms with Crippen molar-refractivity contribution in [2.75, 3.05) is 29.4 Å². The predicted octanol–water partition coefficient (Wildman–Crippen LogP) is 4.14. The van der Waals surface area contributed by atoms with E-state index in [0.29, 0.717) is 32.5 Å². The molecule has 0 unspecified atom stereocenters. The summed E-state index contributed by atoms with van der Waals surface area (Å²) >= 11 is 0. The van der Waals surface area contributed by atoms with Crippen LogP contribution in [0.5, 0.6) is 0 Å². The largest absolute Gasteiger partial charge is 0.312 e. The summed E-state index contributed by atoms with van der Waals surface area (Å²) in [4.78, 5) is 30.4. The zero-order chi connectivity index (χ0) is 25.7. The number of hydrogen-bond donors (Lipinski definition) is 0. The van der Waals surface area contributed by atoms with Gasteiger partial charge in [-0.05, 0) is 87.3 Å². The van der Waals surface area contributed by atoms with Gasteiger partial charge in [0.1, 0.15) is 0 Å². The summed E-state index contributed by atoms with van der Waals surface area (Å²) < 4.78 is 28.6. The first-order valence-electron chi connectivity index (χ1n) is 13.7. The molecule has 1 saturated heterocycles. The molecule has 1 saturated carbocycles. The Balaban J connectivity index is 1.15. The van der Waals surface area contributed by atoms with Crippen molar-refractivity contribution in [1.29, 1.82) is 0 Å². The van der Waals surface area contributed by atoms with E-state index in [1.165, 1.54) is 9.87 Å². The van der Waals surface area contributed by atoms with Crippen LogP contribution in [0.4, 0.5) is 11.4 Å². The van der Waals surface area contributed by atoms with Crippen LogP contribution in [0.2, 0.25) is 0 Å². The molecular formula is C29H35N3O4S. The van der Waals surface area contributed by atoms with Crippen LogP contribution in [0.25, 0.3) is 0 Å². The lowest BCUT2D eigenvalue weighted by atomic mass is 9.83. The van der Waals surface area contributed by atoms with Crippen molar-refractivity contribution >= 4 is 33.2 Å². The summed E-state index contributed by atoms with van der Waals surface area (Å²) in [6, 6.07) is 13.4. The van der Waals surface area contributed by atoms with Crippen molar-refractivity contribution in [3.8, 4) is 0 Å². The highest BCUT2D eigenvalue weighted by molar-refractivity contribution is 7.89. The van der Waals surface area contributed by atoms with Crippen LogP contribution in [0.3, 0.4) is 0 Å². The number of sulfonamides is 1. The van der Waals surface area contributed by atoms with Gasteiger partial charge in [-0.15, -0.1) is 0 Å². The molecule has 2 amide bonds. The predicted molar refractivity (Wildman–Crippen MR) is 143 cm³/mol. The molecule has 0 aromatic heterocycles. The minimum Gasteiger partial charge on any atom is -0.312 e. The molecule has 2 aromatic carbocycles. The Morgan fingerprint density at radius 2 is 1.54 bits per heavy atom. The van der Waals surface area contributed by atoms with E-state index in [1.54, 1.807) is 12.1 Å². The summed E-state index contributed by atoms with van der Waals surface area (Å²) in [5.74, 6) is 0.244. The van der Waals surface area contributed by atoms with Crippen molar-refractivity contribution in [2.45, 2.75) is 69.2 Å². The normalized spacial score (nSPS) is 22.9. The molecule has 37 heavy (non-hydrogen) atoms. The van der Waals surface area contributed by atoms with Gasteiger partial charge in [0.2, 0.25) is 21.8 Å². The summed E-state index contributed by atoms with van der Waals surface area (Å²) in [6.07, 6.45) is 6.56. The highest BCUT2D eigenvalue weighted by atomic mass is 32.2. The maximum Gasteiger partial charge on any atom is 0.243 e. The van der Waals surface area contributed by atoms with Crippen LogP contribution in [-0.4, -0.2) is 50.2 Å². The molecule has 196 valence electrons. The van der Waals surface area contributed by atoms with E-state index < -0.39 is 10.0 Å². The molecule has 6 rings (SSSR count). The zero-order valence-corrected chi connectivity index (χ0v) is 22.3. The van der Waals surface area contributed by atoms with E-state index in [1.807, 2.05) is 34.1 Å². The Bertz CT molecular complexity index is 1330. The van der Waals surface area contributed by atoms with E-state index in [-0.39, 0.29) is 34.6 Å². The summed E-state index contributed by atoms with van der Waals surface area (Å²) in [6.45, 7) is 3.46. The van der Waals surface area contributed by atoms with Gasteiger partial charge in [-0.2, -0.15) is 4.31 Å². The van der Waals surface area contributed by atoms with Crippen molar-refractivity contribution in [3.05, 3.63) is 53.6 Å². The molecule has 3 heterocycles. The number of benzene rings is 2. The molecule has 4 aliphatic rings. The number of fused-ring (bicyclic) bond motifs is 2. The SMILES string of the molecule is C[C@@H]1Cc2ccccc2N1C(=O)C1CCN(S(=O)(=O)c2ccc3c(c2)CCCN3C(=O)C2CCC2)CC1. The molecule has 2 aromatic rings. The average Bonchev–Trinajstić information content (AvgIpc) is 3.22. The van der Waals surface area contributed by atoms with E-state index in [2.05, 4.69) is 13.0 Å². The van der Waals surface area contributed by atoms with Crippen molar-refractivity contribution in [3.63, 3.8) is 0 Å². The van der Waals surface area contributed by atoms with Gasteiger partial charge < -0.3 is 9.80 Å². The van der Waals surface area contributed by atoms with Crippen LogP contribution in [0.1, 0.15) is 56.6 Å². The molecule has 0 radical (unpaired) electrons. The van der Waals surface area contributed by atoms with Crippen LogP contribution in [0, 0.1) is 11.8 Å². The van der Waals surface area contributed by atoms with E-state index in [9.17, 15) is 18.0 Å². The highest BCUT2D eigenvalue weighted by Crippen LogP contribution is 2.37. The third kappa shape index (κ3) is 4.28. The van der Waals surface area contributed by atoms with Gasteiger partial charge in [0.05, 0.1) is 4.90 Å². The number of aryl methyl sites for hydroxylation is 1. The fourth-order valence-electron chi connectivity index (χ4n) is 6.43. The molecular weight excluding hydrogens is 486 g/mol. The number of piperidine rings is 1. The molecule has 0 bridgehead atoms. The quantitative estimate of drug-likeness (QED) is 0.606. The number of rotatable bonds is 4. The Labute approximate surface area is 219 Å². The molecule has 2 fully saturated rings.